The molecule has 2 atom stereocenters. The maximum atomic E-state index is 8.12. The van der Waals surface area contributed by atoms with Crippen LogP contribution in [0.25, 0.3) is 44.6 Å². The van der Waals surface area contributed by atoms with Crippen molar-refractivity contribution in [2.45, 2.75) is 97.5 Å². The number of fused-ring (bicyclic) bond motifs is 5. The number of ether oxygens (including phenoxy) is 1. The average molecular weight is 785 g/mol. The van der Waals surface area contributed by atoms with E-state index in [-0.39, 0.29) is 22.4 Å². The van der Waals surface area contributed by atoms with E-state index in [0.717, 1.165) is 11.4 Å². The lowest BCUT2D eigenvalue weighted by atomic mass is 9.77. The summed E-state index contributed by atoms with van der Waals surface area (Å²) in [6.07, 6.45) is 2.08. The minimum absolute atomic E-state index is 0.0813. The van der Waals surface area contributed by atoms with Gasteiger partial charge in [0.25, 0.3) is 0 Å². The van der Waals surface area contributed by atoms with Crippen molar-refractivity contribution in [1.82, 2.24) is 0 Å². The fourth-order valence-electron chi connectivity index (χ4n) is 10.3. The van der Waals surface area contributed by atoms with Gasteiger partial charge in [-0.05, 0) is 87.4 Å². The molecule has 4 aliphatic heterocycles. The summed E-state index contributed by atoms with van der Waals surface area (Å²) in [5.74, 6) is -0.0298. The molecular weight excluding hydrogens is 731 g/mol. The molecule has 0 saturated heterocycles. The van der Waals surface area contributed by atoms with Crippen LogP contribution >= 0.6 is 0 Å². The SMILES string of the molecule is Cc1ccc(N2c3cccc4c3N3C2c2cc(C(C)(C)C)cc(C(C)(C)C)c2OC32c3c-4cc(C(C)(C)C)cc3-c3cc(-c4ccccc4)cc[n+]32)c(-c2ccccc2)c1. The van der Waals surface area contributed by atoms with Gasteiger partial charge in [-0.15, -0.1) is 4.57 Å². The predicted molar refractivity (Wildman–Crippen MR) is 247 cm³/mol. The molecule has 0 fully saturated rings. The number of hydrogen-bond acceptors (Lipinski definition) is 3. The van der Waals surface area contributed by atoms with Crippen LogP contribution in [-0.4, -0.2) is 0 Å². The van der Waals surface area contributed by atoms with Crippen molar-refractivity contribution in [2.24, 2.45) is 0 Å². The Morgan fingerprint density at radius 3 is 1.90 bits per heavy atom. The van der Waals surface area contributed by atoms with E-state index in [1.807, 2.05) is 0 Å². The number of hydrogen-bond donors (Lipinski definition) is 0. The Bertz CT molecular complexity index is 2930. The molecule has 4 heteroatoms. The summed E-state index contributed by atoms with van der Waals surface area (Å²) >= 11 is 0. The van der Waals surface area contributed by atoms with E-state index in [1.165, 1.54) is 89.4 Å². The second kappa shape index (κ2) is 12.2. The summed E-state index contributed by atoms with van der Waals surface area (Å²) in [5, 5.41) is 0. The van der Waals surface area contributed by atoms with Crippen molar-refractivity contribution in [3.63, 3.8) is 0 Å². The van der Waals surface area contributed by atoms with Crippen LogP contribution < -0.4 is 19.1 Å². The molecule has 0 bridgehead atoms. The average Bonchev–Trinajstić information content (AvgIpc) is 3.71. The molecule has 4 aliphatic rings. The largest absolute Gasteiger partial charge is 0.432 e. The molecule has 0 N–H and O–H groups in total. The van der Waals surface area contributed by atoms with E-state index < -0.39 is 5.85 Å². The molecule has 4 nitrogen and oxygen atoms in total. The van der Waals surface area contributed by atoms with Crippen molar-refractivity contribution in [1.29, 1.82) is 0 Å². The van der Waals surface area contributed by atoms with Crippen LogP contribution in [-0.2, 0) is 22.1 Å². The summed E-state index contributed by atoms with van der Waals surface area (Å²) in [7, 11) is 0. The number of rotatable bonds is 3. The van der Waals surface area contributed by atoms with Gasteiger partial charge in [-0.3, -0.25) is 0 Å². The number of aromatic nitrogens is 1. The monoisotopic (exact) mass is 784 g/mol. The fourth-order valence-corrected chi connectivity index (χ4v) is 10.3. The van der Waals surface area contributed by atoms with Crippen molar-refractivity contribution in [2.75, 3.05) is 9.80 Å². The van der Waals surface area contributed by atoms with E-state index >= 15 is 0 Å². The second-order valence-corrected chi connectivity index (χ2v) is 20.6. The second-order valence-electron chi connectivity index (χ2n) is 20.6. The third kappa shape index (κ3) is 5.06. The zero-order valence-corrected chi connectivity index (χ0v) is 36.6. The molecular formula is C56H54N3O+. The van der Waals surface area contributed by atoms with E-state index in [1.54, 1.807) is 0 Å². The van der Waals surface area contributed by atoms with Gasteiger partial charge in [-0.2, -0.15) is 0 Å². The summed E-state index contributed by atoms with van der Waals surface area (Å²) < 4.78 is 10.6. The number of para-hydroxylation sites is 1. The van der Waals surface area contributed by atoms with Gasteiger partial charge in [0.05, 0.1) is 22.6 Å². The Labute approximate surface area is 355 Å². The van der Waals surface area contributed by atoms with E-state index in [9.17, 15) is 0 Å². The highest BCUT2D eigenvalue weighted by Crippen LogP contribution is 2.68. The van der Waals surface area contributed by atoms with Crippen molar-refractivity contribution in [3.05, 3.63) is 173 Å². The molecule has 0 aliphatic carbocycles. The normalized spacial score (nSPS) is 18.1. The third-order valence-corrected chi connectivity index (χ3v) is 13.4. The molecule has 298 valence electrons. The number of nitrogens with zero attached hydrogens (tertiary/aromatic N) is 3. The maximum absolute atomic E-state index is 8.12. The highest BCUT2D eigenvalue weighted by atomic mass is 16.5. The lowest BCUT2D eigenvalue weighted by Crippen LogP contribution is -2.71. The molecule has 5 heterocycles. The minimum atomic E-state index is -1.01. The Balaban J connectivity index is 1.31. The van der Waals surface area contributed by atoms with Gasteiger partial charge in [-0.25, -0.2) is 4.90 Å². The minimum Gasteiger partial charge on any atom is -0.410 e. The quantitative estimate of drug-likeness (QED) is 0.166. The zero-order valence-electron chi connectivity index (χ0n) is 36.6. The summed E-state index contributed by atoms with van der Waals surface area (Å²) in [6, 6.07) is 50.2. The van der Waals surface area contributed by atoms with Crippen LogP contribution in [0.4, 0.5) is 17.1 Å². The first-order valence-electron chi connectivity index (χ1n) is 21.6. The van der Waals surface area contributed by atoms with Crippen molar-refractivity contribution < 1.29 is 9.30 Å². The number of anilines is 3. The molecule has 6 aromatic carbocycles. The van der Waals surface area contributed by atoms with Gasteiger partial charge in [0.2, 0.25) is 5.69 Å². The van der Waals surface area contributed by atoms with Crippen LogP contribution in [0.2, 0.25) is 0 Å². The molecule has 0 amide bonds. The molecule has 0 radical (unpaired) electrons. The molecule has 60 heavy (non-hydrogen) atoms. The predicted octanol–water partition coefficient (Wildman–Crippen LogP) is 13.9. The van der Waals surface area contributed by atoms with Crippen LogP contribution in [0.15, 0.2) is 140 Å². The maximum Gasteiger partial charge on any atom is 0.432 e. The summed E-state index contributed by atoms with van der Waals surface area (Å²) in [5.41, 5.74) is 20.4. The molecule has 1 spiro atoms. The molecule has 11 rings (SSSR count). The smallest absolute Gasteiger partial charge is 0.410 e. The Morgan fingerprint density at radius 2 is 1.22 bits per heavy atom. The Kier molecular flexibility index (Phi) is 7.52. The topological polar surface area (TPSA) is 19.6 Å². The van der Waals surface area contributed by atoms with Gasteiger partial charge >= 0.3 is 5.85 Å². The first-order chi connectivity index (χ1) is 28.6. The van der Waals surface area contributed by atoms with Gasteiger partial charge in [-0.1, -0.05) is 153 Å². The third-order valence-electron chi connectivity index (χ3n) is 13.4. The number of pyridine rings is 1. The van der Waals surface area contributed by atoms with Crippen molar-refractivity contribution in [3.8, 4) is 50.4 Å². The molecule has 1 aromatic heterocycles. The first-order valence-corrected chi connectivity index (χ1v) is 21.6. The lowest BCUT2D eigenvalue weighted by Gasteiger charge is -2.49. The van der Waals surface area contributed by atoms with Crippen LogP contribution in [0.3, 0.4) is 0 Å². The lowest BCUT2D eigenvalue weighted by molar-refractivity contribution is -0.774. The first kappa shape index (κ1) is 36.9. The van der Waals surface area contributed by atoms with Crippen molar-refractivity contribution >= 4 is 17.1 Å². The highest BCUT2D eigenvalue weighted by molar-refractivity contribution is 6.03. The van der Waals surface area contributed by atoms with Crippen LogP contribution in [0, 0.1) is 6.92 Å². The number of aryl methyl sites for hydroxylation is 1. The molecule has 7 aromatic rings. The van der Waals surface area contributed by atoms with Gasteiger partial charge in [0, 0.05) is 39.9 Å². The summed E-state index contributed by atoms with van der Waals surface area (Å²) in [6.45, 7) is 23.2. The van der Waals surface area contributed by atoms with E-state index in [4.69, 9.17) is 4.74 Å². The van der Waals surface area contributed by atoms with E-state index in [0.29, 0.717) is 0 Å². The summed E-state index contributed by atoms with van der Waals surface area (Å²) in [4.78, 5) is 5.31. The fraction of sp³-hybridized carbons (Fsp3) is 0.268. The van der Waals surface area contributed by atoms with Crippen LogP contribution in [0.5, 0.6) is 5.75 Å². The molecule has 0 saturated carbocycles. The zero-order chi connectivity index (χ0) is 41.7. The standard InChI is InChI=1S/C56H54N3O/c1-34-24-25-46(41(28-34)36-20-15-12-16-21-36)58-47-23-17-22-40-42-30-38(53(2,3)4)31-43-48-29-37(35-18-13-11-14-19-35)26-27-57(48)56(49(42)43)59(50(40)47)52(58)44-32-39(54(5,6)7)33-45(51(44)60-56)55(8,9)10/h11-33,52H,1-10H3/q+1. The Morgan fingerprint density at radius 1 is 0.550 bits per heavy atom. The van der Waals surface area contributed by atoms with Gasteiger partial charge in [0.15, 0.2) is 6.20 Å². The number of benzene rings is 6. The molecule has 2 unspecified atom stereocenters. The Hall–Kier alpha value is -6.13. The van der Waals surface area contributed by atoms with Gasteiger partial charge in [0.1, 0.15) is 17.5 Å². The van der Waals surface area contributed by atoms with Gasteiger partial charge < -0.3 is 9.64 Å². The van der Waals surface area contributed by atoms with E-state index in [2.05, 4.69) is 223 Å². The van der Waals surface area contributed by atoms with Crippen LogP contribution in [0.1, 0.15) is 102 Å². The highest BCUT2D eigenvalue weighted by Gasteiger charge is 2.70.